The van der Waals surface area contributed by atoms with Gasteiger partial charge in [-0.15, -0.1) is 0 Å². The number of halogens is 1. The predicted molar refractivity (Wildman–Crippen MR) is 92.5 cm³/mol. The van der Waals surface area contributed by atoms with Gasteiger partial charge in [-0.3, -0.25) is 0 Å². The second kappa shape index (κ2) is 9.42. The summed E-state index contributed by atoms with van der Waals surface area (Å²) in [5.74, 6) is 0. The molecule has 0 fully saturated rings. The van der Waals surface area contributed by atoms with E-state index in [0.717, 1.165) is 12.8 Å². The molecule has 0 atom stereocenters. The Morgan fingerprint density at radius 3 is 1.57 bits per heavy atom. The molecule has 0 aliphatic carbocycles. The molecular weight excluding hydrogens is 310 g/mol. The Labute approximate surface area is 131 Å². The van der Waals surface area contributed by atoms with Crippen molar-refractivity contribution in [1.82, 2.24) is 0 Å². The summed E-state index contributed by atoms with van der Waals surface area (Å²) < 4.78 is 38.8. The maximum atomic E-state index is 12.7. The van der Waals surface area contributed by atoms with Crippen LogP contribution in [0.2, 0.25) is 0 Å². The van der Waals surface area contributed by atoms with Crippen molar-refractivity contribution in [3.8, 4) is 0 Å². The summed E-state index contributed by atoms with van der Waals surface area (Å²) in [7, 11) is -4.84. The molecule has 130 valence electrons. The van der Waals surface area contributed by atoms with E-state index in [1.165, 1.54) is 51.4 Å². The molecule has 0 aromatic rings. The first kappa shape index (κ1) is 21.3. The van der Waals surface area contributed by atoms with E-state index in [1.807, 2.05) is 0 Å². The van der Waals surface area contributed by atoms with Crippen LogP contribution >= 0.6 is 6.83 Å². The van der Waals surface area contributed by atoms with Gasteiger partial charge in [0.25, 0.3) is 0 Å². The van der Waals surface area contributed by atoms with Crippen LogP contribution in [0.4, 0.5) is 3.89 Å². The Morgan fingerprint density at radius 2 is 1.19 bits per heavy atom. The molecule has 0 heterocycles. The van der Waals surface area contributed by atoms with Gasteiger partial charge in [0.15, 0.2) is 0 Å². The van der Waals surface area contributed by atoms with Gasteiger partial charge >= 0.3 is 131 Å². The van der Waals surface area contributed by atoms with Crippen LogP contribution in [0.3, 0.4) is 0 Å². The van der Waals surface area contributed by atoms with Crippen LogP contribution in [0.1, 0.15) is 71.1 Å². The fourth-order valence-electron chi connectivity index (χ4n) is 2.51. The van der Waals surface area contributed by atoms with E-state index in [1.54, 1.807) is 20.0 Å². The first-order valence-corrected chi connectivity index (χ1v) is 13.2. The summed E-state index contributed by atoms with van der Waals surface area (Å²) in [4.78, 5) is 0. The van der Waals surface area contributed by atoms with E-state index < -0.39 is 17.3 Å². The first-order valence-electron chi connectivity index (χ1n) is 8.20. The van der Waals surface area contributed by atoms with E-state index >= 15 is 0 Å². The fourth-order valence-corrected chi connectivity index (χ4v) is 6.75. The molecule has 3 nitrogen and oxygen atoms in total. The molecule has 0 spiro atoms. The third-order valence-corrected chi connectivity index (χ3v) is 8.40. The molecule has 6 heteroatoms. The Morgan fingerprint density at radius 1 is 0.810 bits per heavy atom. The third kappa shape index (κ3) is 15.0. The summed E-state index contributed by atoms with van der Waals surface area (Å²) in [5, 5.41) is 0. The van der Waals surface area contributed by atoms with Gasteiger partial charge in [0.05, 0.1) is 0 Å². The molecule has 0 aliphatic rings. The predicted octanol–water partition coefficient (Wildman–Crippen LogP) is 5.50. The van der Waals surface area contributed by atoms with Gasteiger partial charge in [0, 0.05) is 0 Å². The molecule has 21 heavy (non-hydrogen) atoms. The SMILES string of the molecule is CCCCCCCCCCCCP(C)(C)(C)OS(=O)(=O)F. The van der Waals surface area contributed by atoms with Gasteiger partial charge in [-0.1, -0.05) is 0 Å². The molecule has 0 aromatic heterocycles. The molecule has 0 aliphatic heterocycles. The van der Waals surface area contributed by atoms with Crippen molar-refractivity contribution >= 4 is 17.3 Å². The van der Waals surface area contributed by atoms with Gasteiger partial charge in [0.2, 0.25) is 0 Å². The van der Waals surface area contributed by atoms with Crippen LogP contribution in [0.15, 0.2) is 0 Å². The molecule has 0 saturated carbocycles. The van der Waals surface area contributed by atoms with E-state index in [4.69, 9.17) is 3.97 Å². The van der Waals surface area contributed by atoms with Crippen LogP contribution in [-0.2, 0) is 14.5 Å². The van der Waals surface area contributed by atoms with E-state index in [2.05, 4.69) is 6.92 Å². The van der Waals surface area contributed by atoms with Crippen LogP contribution in [0.25, 0.3) is 0 Å². The van der Waals surface area contributed by atoms with Crippen LogP contribution < -0.4 is 0 Å². The number of unbranched alkanes of at least 4 members (excludes halogenated alkanes) is 9. The van der Waals surface area contributed by atoms with Crippen molar-refractivity contribution in [3.63, 3.8) is 0 Å². The standard InChI is InChI=1S/C15H34FO3PS/c1-5-6-7-8-9-10-11-12-13-14-15-20(2,3,4)19-21(16,17)18/h5-15H2,1-4H3. The van der Waals surface area contributed by atoms with Crippen LogP contribution in [0, 0.1) is 0 Å². The normalized spacial score (nSPS) is 14.8. The molecule has 0 N–H and O–H groups in total. The maximum absolute atomic E-state index is 12.7. The average Bonchev–Trinajstić information content (AvgIpc) is 2.27. The summed E-state index contributed by atoms with van der Waals surface area (Å²) in [6, 6.07) is 0. The molecule has 0 aromatic carbocycles. The third-order valence-electron chi connectivity index (χ3n) is 3.64. The molecular formula is C15H34FO3PS. The Kier molecular flexibility index (Phi) is 9.54. The number of hydrogen-bond donors (Lipinski definition) is 0. The summed E-state index contributed by atoms with van der Waals surface area (Å²) in [5.41, 5.74) is 0. The van der Waals surface area contributed by atoms with Gasteiger partial charge in [-0.2, -0.15) is 0 Å². The van der Waals surface area contributed by atoms with Crippen molar-refractivity contribution in [2.24, 2.45) is 0 Å². The van der Waals surface area contributed by atoms with Crippen molar-refractivity contribution in [3.05, 3.63) is 0 Å². The van der Waals surface area contributed by atoms with Crippen molar-refractivity contribution in [2.45, 2.75) is 71.1 Å². The van der Waals surface area contributed by atoms with Crippen molar-refractivity contribution in [1.29, 1.82) is 0 Å². The first-order chi connectivity index (χ1) is 9.53. The van der Waals surface area contributed by atoms with Crippen LogP contribution in [-0.4, -0.2) is 34.6 Å². The molecule has 0 rings (SSSR count). The monoisotopic (exact) mass is 344 g/mol. The van der Waals surface area contributed by atoms with Gasteiger partial charge in [0.1, 0.15) is 0 Å². The summed E-state index contributed by atoms with van der Waals surface area (Å²) in [6.07, 6.45) is 13.0. The van der Waals surface area contributed by atoms with Gasteiger partial charge < -0.3 is 0 Å². The Hall–Kier alpha value is 0.270. The van der Waals surface area contributed by atoms with Crippen LogP contribution in [0.5, 0.6) is 0 Å². The fraction of sp³-hybridized carbons (Fsp3) is 1.00. The topological polar surface area (TPSA) is 43.4 Å². The minimum atomic E-state index is -4.84. The summed E-state index contributed by atoms with van der Waals surface area (Å²) >= 11 is 0. The van der Waals surface area contributed by atoms with E-state index in [-0.39, 0.29) is 0 Å². The number of rotatable bonds is 13. The molecule has 0 radical (unpaired) electrons. The average molecular weight is 344 g/mol. The van der Waals surface area contributed by atoms with Gasteiger partial charge in [-0.25, -0.2) is 0 Å². The quantitative estimate of drug-likeness (QED) is 0.252. The molecule has 0 bridgehead atoms. The van der Waals surface area contributed by atoms with Crippen molar-refractivity contribution < 1.29 is 16.3 Å². The van der Waals surface area contributed by atoms with E-state index in [0.29, 0.717) is 6.16 Å². The number of hydrogen-bond acceptors (Lipinski definition) is 3. The molecule has 0 amide bonds. The second-order valence-electron chi connectivity index (χ2n) is 7.34. The zero-order chi connectivity index (χ0) is 16.4. The molecule has 0 unspecified atom stereocenters. The molecule has 0 saturated heterocycles. The zero-order valence-electron chi connectivity index (χ0n) is 14.2. The zero-order valence-corrected chi connectivity index (χ0v) is 15.9. The van der Waals surface area contributed by atoms with Gasteiger partial charge in [-0.05, 0) is 0 Å². The Balaban J connectivity index is 3.66. The Bertz CT molecular complexity index is 374. The van der Waals surface area contributed by atoms with Crippen molar-refractivity contribution in [2.75, 3.05) is 26.2 Å². The minimum absolute atomic E-state index is 0.658. The summed E-state index contributed by atoms with van der Waals surface area (Å²) in [6.45, 7) is 4.64. The van der Waals surface area contributed by atoms with E-state index in [9.17, 15) is 12.3 Å². The second-order valence-corrected chi connectivity index (χ2v) is 15.1.